The predicted molar refractivity (Wildman–Crippen MR) is 102 cm³/mol. The molecule has 0 unspecified atom stereocenters. The third kappa shape index (κ3) is 3.57. The van der Waals surface area contributed by atoms with Crippen molar-refractivity contribution in [2.45, 2.75) is 19.5 Å². The number of aryl methyl sites for hydroxylation is 3. The van der Waals surface area contributed by atoms with E-state index in [4.69, 9.17) is 0 Å². The van der Waals surface area contributed by atoms with Crippen molar-refractivity contribution in [2.24, 2.45) is 7.05 Å². The molecule has 4 aromatic rings. The minimum absolute atomic E-state index is 0.218. The number of rotatable bonds is 6. The van der Waals surface area contributed by atoms with Crippen LogP contribution in [0.3, 0.4) is 0 Å². The van der Waals surface area contributed by atoms with Gasteiger partial charge >= 0.3 is 0 Å². The second-order valence-electron chi connectivity index (χ2n) is 6.35. The van der Waals surface area contributed by atoms with Crippen LogP contribution in [0.2, 0.25) is 0 Å². The normalized spacial score (nSPS) is 11.0. The maximum Gasteiger partial charge on any atom is 0.272 e. The average Bonchev–Trinajstić information content (AvgIpc) is 3.30. The lowest BCUT2D eigenvalue weighted by Crippen LogP contribution is -2.25. The molecule has 0 fully saturated rings. The van der Waals surface area contributed by atoms with Crippen molar-refractivity contribution in [3.63, 3.8) is 0 Å². The Balaban J connectivity index is 1.43. The molecule has 7 heteroatoms. The van der Waals surface area contributed by atoms with Gasteiger partial charge in [0.25, 0.3) is 5.91 Å². The average molecular weight is 360 g/mol. The number of nitrogens with one attached hydrogen (secondary N) is 1. The topological polar surface area (TPSA) is 77.6 Å². The molecular weight excluding hydrogens is 340 g/mol. The van der Waals surface area contributed by atoms with Crippen molar-refractivity contribution in [3.8, 4) is 0 Å². The van der Waals surface area contributed by atoms with E-state index in [1.54, 1.807) is 11.0 Å². The minimum atomic E-state index is -0.218. The molecule has 2 aromatic heterocycles. The van der Waals surface area contributed by atoms with Crippen molar-refractivity contribution in [1.82, 2.24) is 29.9 Å². The maximum absolute atomic E-state index is 12.6. The van der Waals surface area contributed by atoms with E-state index >= 15 is 0 Å². The van der Waals surface area contributed by atoms with Crippen LogP contribution in [0.15, 0.2) is 60.9 Å². The van der Waals surface area contributed by atoms with Gasteiger partial charge in [-0.15, -0.1) is 10.2 Å². The molecule has 0 radical (unpaired) electrons. The lowest BCUT2D eigenvalue weighted by Gasteiger charge is -2.07. The fraction of sp³-hybridized carbons (Fsp3) is 0.200. The number of carbonyl (C=O) groups excluding carboxylic acids is 1. The molecule has 1 amide bonds. The fourth-order valence-corrected chi connectivity index (χ4v) is 3.12. The molecule has 0 aliphatic carbocycles. The van der Waals surface area contributed by atoms with Crippen molar-refractivity contribution >= 4 is 16.8 Å². The van der Waals surface area contributed by atoms with Crippen LogP contribution in [-0.2, 0) is 26.6 Å². The van der Waals surface area contributed by atoms with E-state index in [-0.39, 0.29) is 5.91 Å². The van der Waals surface area contributed by atoms with E-state index in [9.17, 15) is 4.79 Å². The Kier molecular flexibility index (Phi) is 4.65. The van der Waals surface area contributed by atoms with E-state index in [2.05, 4.69) is 32.7 Å². The predicted octanol–water partition coefficient (Wildman–Crippen LogP) is 2.34. The Morgan fingerprint density at radius 1 is 1.07 bits per heavy atom. The number of hydrogen-bond donors (Lipinski definition) is 1. The molecule has 0 atom stereocenters. The van der Waals surface area contributed by atoms with Gasteiger partial charge in [0.1, 0.15) is 6.33 Å². The third-order valence-electron chi connectivity index (χ3n) is 4.56. The first-order chi connectivity index (χ1) is 13.2. The molecular formula is C20H20N6O. The van der Waals surface area contributed by atoms with E-state index in [0.29, 0.717) is 12.2 Å². The summed E-state index contributed by atoms with van der Waals surface area (Å²) in [6, 6.07) is 17.9. The van der Waals surface area contributed by atoms with Crippen LogP contribution in [0, 0.1) is 0 Å². The molecule has 0 spiro atoms. The summed E-state index contributed by atoms with van der Waals surface area (Å²) in [6.07, 6.45) is 2.57. The number of nitrogens with zero attached hydrogens (tertiary/aromatic N) is 5. The van der Waals surface area contributed by atoms with Crippen LogP contribution >= 0.6 is 0 Å². The maximum atomic E-state index is 12.6. The second kappa shape index (κ2) is 7.41. The standard InChI is InChI=1S/C20H20N6O/c1-25-17-10-6-5-9-16(17)19(24-25)20(27)21-13-18-23-22-14-26(18)12-11-15-7-3-2-4-8-15/h2-10,14H,11-13H2,1H3,(H,21,27). The van der Waals surface area contributed by atoms with Gasteiger partial charge in [-0.05, 0) is 18.1 Å². The van der Waals surface area contributed by atoms with E-state index in [0.717, 1.165) is 29.7 Å². The van der Waals surface area contributed by atoms with Gasteiger partial charge in [-0.1, -0.05) is 48.5 Å². The summed E-state index contributed by atoms with van der Waals surface area (Å²) >= 11 is 0. The number of benzene rings is 2. The zero-order valence-electron chi connectivity index (χ0n) is 15.0. The molecule has 0 aliphatic heterocycles. The van der Waals surface area contributed by atoms with Gasteiger partial charge in [0.15, 0.2) is 11.5 Å². The molecule has 2 aromatic carbocycles. The number of aromatic nitrogens is 5. The second-order valence-corrected chi connectivity index (χ2v) is 6.35. The van der Waals surface area contributed by atoms with Crippen molar-refractivity contribution in [1.29, 1.82) is 0 Å². The van der Waals surface area contributed by atoms with Crippen molar-refractivity contribution in [2.75, 3.05) is 0 Å². The van der Waals surface area contributed by atoms with Crippen LogP contribution in [-0.4, -0.2) is 30.5 Å². The van der Waals surface area contributed by atoms with Gasteiger partial charge in [0.05, 0.1) is 12.1 Å². The van der Waals surface area contributed by atoms with Crippen molar-refractivity contribution in [3.05, 3.63) is 78.0 Å². The molecule has 136 valence electrons. The van der Waals surface area contributed by atoms with Gasteiger partial charge < -0.3 is 9.88 Å². The summed E-state index contributed by atoms with van der Waals surface area (Å²) < 4.78 is 3.68. The summed E-state index contributed by atoms with van der Waals surface area (Å²) in [5.74, 6) is 0.504. The summed E-state index contributed by atoms with van der Waals surface area (Å²) in [6.45, 7) is 1.06. The summed E-state index contributed by atoms with van der Waals surface area (Å²) in [7, 11) is 1.83. The Bertz CT molecular complexity index is 1070. The first-order valence-electron chi connectivity index (χ1n) is 8.83. The zero-order valence-corrected chi connectivity index (χ0v) is 15.0. The van der Waals surface area contributed by atoms with Crippen LogP contribution in [0.1, 0.15) is 21.9 Å². The zero-order chi connectivity index (χ0) is 18.6. The lowest BCUT2D eigenvalue weighted by molar-refractivity contribution is 0.0945. The first kappa shape index (κ1) is 17.0. The van der Waals surface area contributed by atoms with Crippen LogP contribution in [0.25, 0.3) is 10.9 Å². The Hall–Kier alpha value is -3.48. The van der Waals surface area contributed by atoms with Crippen LogP contribution in [0.5, 0.6) is 0 Å². The SMILES string of the molecule is Cn1nc(C(=O)NCc2nncn2CCc2ccccc2)c2ccccc21. The highest BCUT2D eigenvalue weighted by Gasteiger charge is 2.16. The van der Waals surface area contributed by atoms with Crippen LogP contribution in [0.4, 0.5) is 0 Å². The molecule has 4 rings (SSSR count). The van der Waals surface area contributed by atoms with Gasteiger partial charge in [-0.25, -0.2) is 0 Å². The van der Waals surface area contributed by atoms with Gasteiger partial charge in [0, 0.05) is 19.0 Å². The van der Waals surface area contributed by atoms with E-state index < -0.39 is 0 Å². The Morgan fingerprint density at radius 3 is 2.70 bits per heavy atom. The highest BCUT2D eigenvalue weighted by molar-refractivity contribution is 6.04. The molecule has 0 saturated carbocycles. The molecule has 0 saturated heterocycles. The van der Waals surface area contributed by atoms with E-state index in [1.807, 2.05) is 54.1 Å². The fourth-order valence-electron chi connectivity index (χ4n) is 3.12. The number of para-hydroxylation sites is 1. The first-order valence-corrected chi connectivity index (χ1v) is 8.83. The molecule has 1 N–H and O–H groups in total. The number of hydrogen-bond acceptors (Lipinski definition) is 4. The minimum Gasteiger partial charge on any atom is -0.343 e. The summed E-state index contributed by atoms with van der Waals surface area (Å²) in [5, 5.41) is 16.2. The summed E-state index contributed by atoms with van der Waals surface area (Å²) in [5.41, 5.74) is 2.60. The number of carbonyl (C=O) groups is 1. The molecule has 0 bridgehead atoms. The highest BCUT2D eigenvalue weighted by Crippen LogP contribution is 2.17. The largest absolute Gasteiger partial charge is 0.343 e. The molecule has 0 aliphatic rings. The summed E-state index contributed by atoms with van der Waals surface area (Å²) in [4.78, 5) is 12.6. The number of fused-ring (bicyclic) bond motifs is 1. The smallest absolute Gasteiger partial charge is 0.272 e. The lowest BCUT2D eigenvalue weighted by atomic mass is 10.1. The molecule has 7 nitrogen and oxygen atoms in total. The van der Waals surface area contributed by atoms with Gasteiger partial charge in [-0.2, -0.15) is 5.10 Å². The quantitative estimate of drug-likeness (QED) is 0.572. The van der Waals surface area contributed by atoms with Gasteiger partial charge in [-0.3, -0.25) is 9.48 Å². The molecule has 2 heterocycles. The van der Waals surface area contributed by atoms with Crippen molar-refractivity contribution < 1.29 is 4.79 Å². The third-order valence-corrected chi connectivity index (χ3v) is 4.56. The Morgan fingerprint density at radius 2 is 1.85 bits per heavy atom. The van der Waals surface area contributed by atoms with Crippen LogP contribution < -0.4 is 5.32 Å². The van der Waals surface area contributed by atoms with Gasteiger partial charge in [0.2, 0.25) is 0 Å². The number of amides is 1. The Labute approximate surface area is 156 Å². The highest BCUT2D eigenvalue weighted by atomic mass is 16.1. The molecule has 27 heavy (non-hydrogen) atoms. The monoisotopic (exact) mass is 360 g/mol. The van der Waals surface area contributed by atoms with E-state index in [1.165, 1.54) is 5.56 Å².